The zero-order chi connectivity index (χ0) is 31.2. The first kappa shape index (κ1) is 29.2. The molecule has 7 heteroatoms. The summed E-state index contributed by atoms with van der Waals surface area (Å²) < 4.78 is 16.6. The number of aromatic nitrogens is 2. The molecule has 8 rings (SSSR count). The van der Waals surface area contributed by atoms with Crippen LogP contribution in [0.15, 0.2) is 66.7 Å². The van der Waals surface area contributed by atoms with E-state index in [-0.39, 0.29) is 5.82 Å². The average molecular weight is 617 g/mol. The lowest BCUT2D eigenvalue weighted by Crippen LogP contribution is -2.38. The minimum atomic E-state index is -0.889. The Balaban J connectivity index is 1.33. The summed E-state index contributed by atoms with van der Waals surface area (Å²) >= 11 is 0. The topological polar surface area (TPSA) is 61.6 Å². The summed E-state index contributed by atoms with van der Waals surface area (Å²) in [5.41, 5.74) is 8.85. The summed E-state index contributed by atoms with van der Waals surface area (Å²) in [6, 6.07) is 21.0. The summed E-state index contributed by atoms with van der Waals surface area (Å²) in [6.45, 7) is 5.85. The SMILES string of the molecule is O=C(O)c1ccc2c(C3CCCCC3)c3n(c2c1)CCN(CCN1CCCCC1)c1c-3ccc2nc(-c3cccc(F)c3)ccc12. The summed E-state index contributed by atoms with van der Waals surface area (Å²) in [5, 5.41) is 12.2. The van der Waals surface area contributed by atoms with Gasteiger partial charge in [0.1, 0.15) is 5.82 Å². The highest BCUT2D eigenvalue weighted by Gasteiger charge is 2.32. The molecule has 1 saturated heterocycles. The zero-order valence-electron chi connectivity index (χ0n) is 26.3. The molecule has 1 N–H and O–H groups in total. The average Bonchev–Trinajstić information content (AvgIpc) is 3.32. The fourth-order valence-electron chi connectivity index (χ4n) is 8.37. The lowest BCUT2D eigenvalue weighted by atomic mass is 9.81. The van der Waals surface area contributed by atoms with Gasteiger partial charge in [0, 0.05) is 53.6 Å². The Kier molecular flexibility index (Phi) is 7.73. The van der Waals surface area contributed by atoms with E-state index in [4.69, 9.17) is 4.98 Å². The van der Waals surface area contributed by atoms with Gasteiger partial charge in [-0.15, -0.1) is 0 Å². The first-order chi connectivity index (χ1) is 22.5. The largest absolute Gasteiger partial charge is 0.478 e. The van der Waals surface area contributed by atoms with Crippen molar-refractivity contribution in [1.82, 2.24) is 14.5 Å². The van der Waals surface area contributed by atoms with Crippen LogP contribution in [-0.4, -0.2) is 58.3 Å². The van der Waals surface area contributed by atoms with E-state index >= 15 is 0 Å². The number of aromatic carboxylic acids is 1. The molecule has 0 radical (unpaired) electrons. The number of likely N-dealkylation sites (tertiary alicyclic amines) is 1. The lowest BCUT2D eigenvalue weighted by molar-refractivity contribution is 0.0697. The minimum Gasteiger partial charge on any atom is -0.478 e. The summed E-state index contributed by atoms with van der Waals surface area (Å²) in [5.74, 6) is -0.709. The van der Waals surface area contributed by atoms with Crippen molar-refractivity contribution < 1.29 is 14.3 Å². The second kappa shape index (κ2) is 12.2. The monoisotopic (exact) mass is 616 g/mol. The Morgan fingerprint density at radius 1 is 0.826 bits per heavy atom. The maximum atomic E-state index is 14.1. The number of pyridine rings is 1. The predicted octanol–water partition coefficient (Wildman–Crippen LogP) is 8.71. The van der Waals surface area contributed by atoms with Crippen LogP contribution >= 0.6 is 0 Å². The number of carbonyl (C=O) groups is 1. The number of carboxylic acids is 1. The highest BCUT2D eigenvalue weighted by atomic mass is 19.1. The molecule has 236 valence electrons. The van der Waals surface area contributed by atoms with Gasteiger partial charge in [-0.2, -0.15) is 0 Å². The zero-order valence-corrected chi connectivity index (χ0v) is 26.3. The highest BCUT2D eigenvalue weighted by molar-refractivity contribution is 6.05. The molecule has 4 heterocycles. The van der Waals surface area contributed by atoms with Gasteiger partial charge in [0.05, 0.1) is 28.2 Å². The second-order valence-corrected chi connectivity index (χ2v) is 13.4. The van der Waals surface area contributed by atoms with Crippen LogP contribution in [-0.2, 0) is 6.54 Å². The molecule has 46 heavy (non-hydrogen) atoms. The molecular formula is C39H41FN4O2. The van der Waals surface area contributed by atoms with Gasteiger partial charge in [-0.25, -0.2) is 14.2 Å². The second-order valence-electron chi connectivity index (χ2n) is 13.4. The Labute approximate surface area is 269 Å². The molecule has 1 saturated carbocycles. The molecule has 6 nitrogen and oxygen atoms in total. The molecule has 3 aliphatic rings. The van der Waals surface area contributed by atoms with Crippen molar-refractivity contribution in [1.29, 1.82) is 0 Å². The van der Waals surface area contributed by atoms with Gasteiger partial charge in [-0.3, -0.25) is 0 Å². The molecule has 0 bridgehead atoms. The van der Waals surface area contributed by atoms with Gasteiger partial charge < -0.3 is 19.5 Å². The number of nitrogens with zero attached hydrogens (tertiary/aromatic N) is 4. The van der Waals surface area contributed by atoms with Crippen molar-refractivity contribution in [2.75, 3.05) is 37.6 Å². The molecule has 5 aromatic rings. The molecule has 0 unspecified atom stereocenters. The van der Waals surface area contributed by atoms with E-state index in [1.807, 2.05) is 18.2 Å². The van der Waals surface area contributed by atoms with Crippen LogP contribution in [0, 0.1) is 5.82 Å². The van der Waals surface area contributed by atoms with E-state index in [9.17, 15) is 14.3 Å². The minimum absolute atomic E-state index is 0.265. The molecule has 2 fully saturated rings. The number of hydrogen-bond donors (Lipinski definition) is 1. The number of fused-ring (bicyclic) bond motifs is 7. The Morgan fingerprint density at radius 3 is 2.43 bits per heavy atom. The number of rotatable bonds is 6. The third kappa shape index (κ3) is 5.24. The standard InChI is InChI=1S/C39H41FN4O2/c40-29-11-7-10-27(24-29)33-16-14-30-34(41-33)17-15-32-37(30)43(21-20-42-18-5-2-6-19-42)22-23-44-35-25-28(39(45)46)12-13-31(35)36(38(32)44)26-8-3-1-4-9-26/h7,10-17,24-26H,1-6,8-9,18-23H2,(H,45,46). The molecular weight excluding hydrogens is 575 g/mol. The molecule has 0 amide bonds. The van der Waals surface area contributed by atoms with Gasteiger partial charge >= 0.3 is 5.97 Å². The normalized spacial score (nSPS) is 17.6. The highest BCUT2D eigenvalue weighted by Crippen LogP contribution is 2.49. The van der Waals surface area contributed by atoms with E-state index in [0.717, 1.165) is 79.8 Å². The van der Waals surface area contributed by atoms with Crippen molar-refractivity contribution in [2.45, 2.75) is 63.8 Å². The van der Waals surface area contributed by atoms with Gasteiger partial charge in [0.2, 0.25) is 0 Å². The predicted molar refractivity (Wildman–Crippen MR) is 183 cm³/mol. The van der Waals surface area contributed by atoms with E-state index in [2.05, 4.69) is 38.6 Å². The summed E-state index contributed by atoms with van der Waals surface area (Å²) in [7, 11) is 0. The van der Waals surface area contributed by atoms with Crippen LogP contribution in [0.2, 0.25) is 0 Å². The van der Waals surface area contributed by atoms with Crippen LogP contribution in [0.25, 0.3) is 44.3 Å². The van der Waals surface area contributed by atoms with Crippen molar-refractivity contribution in [3.8, 4) is 22.5 Å². The number of piperidine rings is 1. The van der Waals surface area contributed by atoms with Gasteiger partial charge in [0.15, 0.2) is 0 Å². The first-order valence-electron chi connectivity index (χ1n) is 17.1. The first-order valence-corrected chi connectivity index (χ1v) is 17.1. The van der Waals surface area contributed by atoms with E-state index < -0.39 is 5.97 Å². The summed E-state index contributed by atoms with van der Waals surface area (Å²) in [6.07, 6.45) is 9.89. The van der Waals surface area contributed by atoms with E-state index in [1.54, 1.807) is 18.2 Å². The Morgan fingerprint density at radius 2 is 1.63 bits per heavy atom. The van der Waals surface area contributed by atoms with E-state index in [1.165, 1.54) is 72.5 Å². The number of benzene rings is 3. The maximum absolute atomic E-state index is 14.1. The molecule has 3 aromatic carbocycles. The molecule has 0 spiro atoms. The number of carboxylic acid groups (broad SMARTS) is 1. The number of hydrogen-bond acceptors (Lipinski definition) is 4. The summed E-state index contributed by atoms with van der Waals surface area (Å²) in [4.78, 5) is 22.4. The van der Waals surface area contributed by atoms with Crippen molar-refractivity contribution in [3.05, 3.63) is 83.7 Å². The van der Waals surface area contributed by atoms with Crippen LogP contribution in [0.4, 0.5) is 10.1 Å². The quantitative estimate of drug-likeness (QED) is 0.207. The van der Waals surface area contributed by atoms with Crippen LogP contribution in [0.5, 0.6) is 0 Å². The Hall–Kier alpha value is -4.23. The van der Waals surface area contributed by atoms with Gasteiger partial charge in [-0.05, 0) is 98.8 Å². The van der Waals surface area contributed by atoms with Gasteiger partial charge in [-0.1, -0.05) is 43.9 Å². The number of anilines is 1. The maximum Gasteiger partial charge on any atom is 0.335 e. The van der Waals surface area contributed by atoms with Crippen molar-refractivity contribution >= 4 is 33.5 Å². The fraction of sp³-hybridized carbons (Fsp3) is 0.385. The lowest BCUT2D eigenvalue weighted by Gasteiger charge is -2.32. The van der Waals surface area contributed by atoms with Crippen LogP contribution in [0.3, 0.4) is 0 Å². The van der Waals surface area contributed by atoms with Crippen LogP contribution in [0.1, 0.15) is 73.2 Å². The van der Waals surface area contributed by atoms with Gasteiger partial charge in [0.25, 0.3) is 0 Å². The Bertz CT molecular complexity index is 1940. The smallest absolute Gasteiger partial charge is 0.335 e. The number of halogens is 1. The van der Waals surface area contributed by atoms with E-state index in [0.29, 0.717) is 11.5 Å². The van der Waals surface area contributed by atoms with Crippen molar-refractivity contribution in [3.63, 3.8) is 0 Å². The van der Waals surface area contributed by atoms with Crippen molar-refractivity contribution in [2.24, 2.45) is 0 Å². The third-order valence-corrected chi connectivity index (χ3v) is 10.6. The third-order valence-electron chi connectivity index (χ3n) is 10.6. The molecule has 1 aliphatic carbocycles. The van der Waals surface area contributed by atoms with Crippen LogP contribution < -0.4 is 4.90 Å². The molecule has 0 atom stereocenters. The molecule has 2 aliphatic heterocycles. The molecule has 2 aromatic heterocycles. The fourth-order valence-corrected chi connectivity index (χ4v) is 8.37.